The van der Waals surface area contributed by atoms with Gasteiger partial charge in [-0.05, 0) is 31.0 Å². The van der Waals surface area contributed by atoms with Gasteiger partial charge in [0.15, 0.2) is 6.10 Å². The number of unbranched alkanes of at least 4 members (excludes halogenated alkanes) is 1. The lowest BCUT2D eigenvalue weighted by Crippen LogP contribution is -2.36. The van der Waals surface area contributed by atoms with Gasteiger partial charge in [0.2, 0.25) is 0 Å². The topological polar surface area (TPSA) is 81.4 Å². The molecule has 0 fully saturated rings. The Labute approximate surface area is 119 Å². The third kappa shape index (κ3) is 5.73. The van der Waals surface area contributed by atoms with E-state index in [9.17, 15) is 9.59 Å². The Hall–Kier alpha value is -2.04. The first-order valence-electron chi connectivity index (χ1n) is 6.84. The molecule has 1 aromatic carbocycles. The van der Waals surface area contributed by atoms with E-state index in [1.807, 2.05) is 6.92 Å². The zero-order chi connectivity index (χ0) is 15.0. The fourth-order valence-corrected chi connectivity index (χ4v) is 1.63. The van der Waals surface area contributed by atoms with Gasteiger partial charge in [0.25, 0.3) is 5.91 Å². The number of nitrogens with one attached hydrogen (secondary N) is 1. The van der Waals surface area contributed by atoms with Crippen molar-refractivity contribution in [2.45, 2.75) is 39.2 Å². The molecule has 0 aliphatic carbocycles. The van der Waals surface area contributed by atoms with E-state index in [1.54, 1.807) is 31.2 Å². The van der Waals surface area contributed by atoms with Gasteiger partial charge in [-0.2, -0.15) is 0 Å². The summed E-state index contributed by atoms with van der Waals surface area (Å²) in [4.78, 5) is 23.4. The highest BCUT2D eigenvalue weighted by molar-refractivity contribution is 5.83. The fraction of sp³-hybridized carbons (Fsp3) is 0.467. The normalized spacial score (nSPS) is 11.7. The molecule has 20 heavy (non-hydrogen) atoms. The third-order valence-electron chi connectivity index (χ3n) is 2.84. The van der Waals surface area contributed by atoms with E-state index in [1.165, 1.54) is 0 Å². The molecule has 0 spiro atoms. The van der Waals surface area contributed by atoms with Gasteiger partial charge in [-0.3, -0.25) is 9.59 Å². The van der Waals surface area contributed by atoms with Crippen molar-refractivity contribution in [1.82, 2.24) is 5.32 Å². The molecule has 3 N–H and O–H groups in total. The Kier molecular flexibility index (Phi) is 6.56. The predicted molar refractivity (Wildman–Crippen MR) is 78.0 cm³/mol. The molecule has 1 unspecified atom stereocenters. The molecule has 5 nitrogen and oxygen atoms in total. The second-order valence-corrected chi connectivity index (χ2v) is 4.70. The maximum Gasteiger partial charge on any atom is 0.311 e. The van der Waals surface area contributed by atoms with Gasteiger partial charge in [-0.15, -0.1) is 0 Å². The first-order valence-corrected chi connectivity index (χ1v) is 6.84. The Balaban J connectivity index is 2.37. The van der Waals surface area contributed by atoms with Crippen LogP contribution in [0.5, 0.6) is 0 Å². The molecule has 0 radical (unpaired) electrons. The molecule has 110 valence electrons. The molecule has 0 bridgehead atoms. The zero-order valence-corrected chi connectivity index (χ0v) is 12.0. The standard InChI is InChI=1S/C15H22N2O3/c1-3-4-9-17-15(19)11(2)20-14(18)10-12-5-7-13(16)8-6-12/h5-8,11H,3-4,9-10,16H2,1-2H3,(H,17,19). The summed E-state index contributed by atoms with van der Waals surface area (Å²) >= 11 is 0. The minimum absolute atomic E-state index is 0.132. The SMILES string of the molecule is CCCCNC(=O)C(C)OC(=O)Cc1ccc(N)cc1. The van der Waals surface area contributed by atoms with Gasteiger partial charge in [0.05, 0.1) is 6.42 Å². The molecule has 0 aliphatic rings. The van der Waals surface area contributed by atoms with Crippen LogP contribution < -0.4 is 11.1 Å². The van der Waals surface area contributed by atoms with E-state index in [0.717, 1.165) is 18.4 Å². The molecule has 1 rings (SSSR count). The molecule has 0 heterocycles. The van der Waals surface area contributed by atoms with Crippen molar-refractivity contribution in [3.8, 4) is 0 Å². The molecule has 5 heteroatoms. The second-order valence-electron chi connectivity index (χ2n) is 4.70. The first-order chi connectivity index (χ1) is 9.52. The molecule has 0 saturated heterocycles. The van der Waals surface area contributed by atoms with Crippen LogP contribution in [0.1, 0.15) is 32.3 Å². The lowest BCUT2D eigenvalue weighted by atomic mass is 10.1. The first kappa shape index (κ1) is 16.0. The van der Waals surface area contributed by atoms with Crippen LogP contribution in [0, 0.1) is 0 Å². The Morgan fingerprint density at radius 1 is 1.30 bits per heavy atom. The number of carbonyl (C=O) groups is 2. The van der Waals surface area contributed by atoms with Crippen molar-refractivity contribution in [1.29, 1.82) is 0 Å². The van der Waals surface area contributed by atoms with Crippen LogP contribution in [-0.4, -0.2) is 24.5 Å². The molecule has 0 aliphatic heterocycles. The second kappa shape index (κ2) is 8.19. The number of hydrogen-bond acceptors (Lipinski definition) is 4. The van der Waals surface area contributed by atoms with Crippen molar-refractivity contribution in [2.24, 2.45) is 0 Å². The van der Waals surface area contributed by atoms with Crippen LogP contribution >= 0.6 is 0 Å². The van der Waals surface area contributed by atoms with Crippen molar-refractivity contribution < 1.29 is 14.3 Å². The fourth-order valence-electron chi connectivity index (χ4n) is 1.63. The average Bonchev–Trinajstić information content (AvgIpc) is 2.41. The van der Waals surface area contributed by atoms with Gasteiger partial charge >= 0.3 is 5.97 Å². The summed E-state index contributed by atoms with van der Waals surface area (Å²) in [6.07, 6.45) is 1.28. The largest absolute Gasteiger partial charge is 0.452 e. The highest BCUT2D eigenvalue weighted by Crippen LogP contribution is 2.07. The van der Waals surface area contributed by atoms with Gasteiger partial charge in [0, 0.05) is 12.2 Å². The molecule has 1 amide bonds. The molecule has 0 saturated carbocycles. The molecule has 1 aromatic rings. The maximum atomic E-state index is 11.7. The number of amides is 1. The van der Waals surface area contributed by atoms with Crippen molar-refractivity contribution in [2.75, 3.05) is 12.3 Å². The quantitative estimate of drug-likeness (QED) is 0.451. The maximum absolute atomic E-state index is 11.7. The van der Waals surface area contributed by atoms with Crippen LogP contribution in [0.25, 0.3) is 0 Å². The summed E-state index contributed by atoms with van der Waals surface area (Å²) in [6, 6.07) is 6.98. The van der Waals surface area contributed by atoms with E-state index in [4.69, 9.17) is 10.5 Å². The number of rotatable bonds is 7. The van der Waals surface area contributed by atoms with Crippen molar-refractivity contribution in [3.63, 3.8) is 0 Å². The minimum atomic E-state index is -0.770. The molecule has 1 atom stereocenters. The summed E-state index contributed by atoms with van der Waals surface area (Å²) in [5.74, 6) is -0.683. The molecular formula is C15H22N2O3. The number of nitrogens with two attached hydrogens (primary N) is 1. The summed E-state index contributed by atoms with van der Waals surface area (Å²) in [5.41, 5.74) is 7.02. The number of ether oxygens (including phenoxy) is 1. The van der Waals surface area contributed by atoms with Crippen LogP contribution in [-0.2, 0) is 20.7 Å². The van der Waals surface area contributed by atoms with E-state index in [-0.39, 0.29) is 12.3 Å². The van der Waals surface area contributed by atoms with Crippen molar-refractivity contribution >= 4 is 17.6 Å². The summed E-state index contributed by atoms with van der Waals surface area (Å²) in [5, 5.41) is 2.73. The summed E-state index contributed by atoms with van der Waals surface area (Å²) in [6.45, 7) is 4.22. The number of hydrogen-bond donors (Lipinski definition) is 2. The van der Waals surface area contributed by atoms with Crippen LogP contribution in [0.3, 0.4) is 0 Å². The van der Waals surface area contributed by atoms with Gasteiger partial charge < -0.3 is 15.8 Å². The smallest absolute Gasteiger partial charge is 0.311 e. The minimum Gasteiger partial charge on any atom is -0.452 e. The summed E-state index contributed by atoms with van der Waals surface area (Å²) < 4.78 is 5.09. The number of esters is 1. The molecular weight excluding hydrogens is 256 g/mol. The van der Waals surface area contributed by atoms with Crippen LogP contribution in [0.2, 0.25) is 0 Å². The van der Waals surface area contributed by atoms with Crippen LogP contribution in [0.15, 0.2) is 24.3 Å². The monoisotopic (exact) mass is 278 g/mol. The molecule has 0 aromatic heterocycles. The number of nitrogen functional groups attached to an aromatic ring is 1. The van der Waals surface area contributed by atoms with E-state index in [0.29, 0.717) is 12.2 Å². The number of carbonyl (C=O) groups excluding carboxylic acids is 2. The van der Waals surface area contributed by atoms with E-state index < -0.39 is 12.1 Å². The van der Waals surface area contributed by atoms with E-state index in [2.05, 4.69) is 5.32 Å². The van der Waals surface area contributed by atoms with E-state index >= 15 is 0 Å². The lowest BCUT2D eigenvalue weighted by Gasteiger charge is -2.13. The lowest BCUT2D eigenvalue weighted by molar-refractivity contribution is -0.154. The van der Waals surface area contributed by atoms with Gasteiger partial charge in [-0.1, -0.05) is 25.5 Å². The van der Waals surface area contributed by atoms with Crippen LogP contribution in [0.4, 0.5) is 5.69 Å². The van der Waals surface area contributed by atoms with Crippen molar-refractivity contribution in [3.05, 3.63) is 29.8 Å². The Bertz CT molecular complexity index is 443. The average molecular weight is 278 g/mol. The summed E-state index contributed by atoms with van der Waals surface area (Å²) in [7, 11) is 0. The zero-order valence-electron chi connectivity index (χ0n) is 12.0. The third-order valence-corrected chi connectivity index (χ3v) is 2.84. The number of anilines is 1. The van der Waals surface area contributed by atoms with Gasteiger partial charge in [0.1, 0.15) is 0 Å². The van der Waals surface area contributed by atoms with Gasteiger partial charge in [-0.25, -0.2) is 0 Å². The Morgan fingerprint density at radius 3 is 2.55 bits per heavy atom. The highest BCUT2D eigenvalue weighted by atomic mass is 16.5. The number of benzene rings is 1. The predicted octanol–water partition coefficient (Wildman–Crippen LogP) is 1.66. The highest BCUT2D eigenvalue weighted by Gasteiger charge is 2.17. The Morgan fingerprint density at radius 2 is 1.95 bits per heavy atom.